The van der Waals surface area contributed by atoms with Crippen LogP contribution in [0.4, 0.5) is 22.7 Å². The van der Waals surface area contributed by atoms with Crippen molar-refractivity contribution in [1.82, 2.24) is 0 Å². The molecule has 0 saturated carbocycles. The summed E-state index contributed by atoms with van der Waals surface area (Å²) < 4.78 is 0. The zero-order valence-corrected chi connectivity index (χ0v) is 10.0. The molecule has 93 valence electrons. The van der Waals surface area contributed by atoms with Crippen molar-refractivity contribution < 1.29 is 17.1 Å². The van der Waals surface area contributed by atoms with Crippen LogP contribution in [0.25, 0.3) is 11.1 Å². The first-order chi connectivity index (χ1) is 7.58. The van der Waals surface area contributed by atoms with Gasteiger partial charge in [-0.15, -0.1) is 0 Å². The summed E-state index contributed by atoms with van der Waals surface area (Å²) in [5.74, 6) is 0. The molecule has 0 fully saturated rings. The molecule has 2 rings (SSSR count). The summed E-state index contributed by atoms with van der Waals surface area (Å²) in [5, 5.41) is 0. The van der Waals surface area contributed by atoms with Crippen molar-refractivity contribution in [3.05, 3.63) is 36.4 Å². The van der Waals surface area contributed by atoms with E-state index in [1.807, 2.05) is 24.3 Å². The van der Waals surface area contributed by atoms with E-state index in [9.17, 15) is 0 Å². The average molecular weight is 278 g/mol. The van der Waals surface area contributed by atoms with Crippen molar-refractivity contribution in [3.8, 4) is 11.1 Å². The van der Waals surface area contributed by atoms with Gasteiger partial charge in [-0.2, -0.15) is 0 Å². The topological polar surface area (TPSA) is 104 Å². The van der Waals surface area contributed by atoms with E-state index in [-0.39, 0.29) is 17.1 Å². The second-order valence-electron chi connectivity index (χ2n) is 3.69. The SMILES string of the molecule is Nc1ccc(-c2ccc(N)c(N)c2)cc1N.[Cu]. The van der Waals surface area contributed by atoms with E-state index in [0.29, 0.717) is 22.7 Å². The Hall–Kier alpha value is -1.84. The summed E-state index contributed by atoms with van der Waals surface area (Å²) in [7, 11) is 0. The molecule has 0 heterocycles. The standard InChI is InChI=1S/C12H14N4.Cu/c13-9-3-1-7(5-11(9)15)8-2-4-10(14)12(16)6-8;/h1-6H,13-16H2;. The van der Waals surface area contributed by atoms with Crippen LogP contribution in [0.5, 0.6) is 0 Å². The molecule has 0 aliphatic heterocycles. The van der Waals surface area contributed by atoms with E-state index in [4.69, 9.17) is 22.9 Å². The van der Waals surface area contributed by atoms with Gasteiger partial charge in [0.05, 0.1) is 22.7 Å². The van der Waals surface area contributed by atoms with Crippen molar-refractivity contribution in [2.75, 3.05) is 22.9 Å². The zero-order chi connectivity index (χ0) is 11.7. The molecule has 0 spiro atoms. The third-order valence-electron chi connectivity index (χ3n) is 2.51. The van der Waals surface area contributed by atoms with Gasteiger partial charge in [0.1, 0.15) is 0 Å². The minimum atomic E-state index is 0. The van der Waals surface area contributed by atoms with Crippen molar-refractivity contribution in [3.63, 3.8) is 0 Å². The number of hydrogen-bond acceptors (Lipinski definition) is 4. The van der Waals surface area contributed by atoms with Gasteiger partial charge in [0.2, 0.25) is 0 Å². The Balaban J connectivity index is 0.00000144. The van der Waals surface area contributed by atoms with Crippen LogP contribution in [0.2, 0.25) is 0 Å². The molecule has 0 saturated heterocycles. The van der Waals surface area contributed by atoms with E-state index in [1.165, 1.54) is 0 Å². The largest absolute Gasteiger partial charge is 0.397 e. The van der Waals surface area contributed by atoms with Gasteiger partial charge in [0.25, 0.3) is 0 Å². The minimum absolute atomic E-state index is 0. The van der Waals surface area contributed by atoms with E-state index in [1.54, 1.807) is 12.1 Å². The first kappa shape index (κ1) is 13.2. The van der Waals surface area contributed by atoms with E-state index in [0.717, 1.165) is 11.1 Å². The molecule has 0 amide bonds. The Labute approximate surface area is 110 Å². The summed E-state index contributed by atoms with van der Waals surface area (Å²) in [6.45, 7) is 0. The maximum atomic E-state index is 5.74. The molecular weight excluding hydrogens is 264 g/mol. The molecule has 2 aromatic carbocycles. The Morgan fingerprint density at radius 3 is 1.18 bits per heavy atom. The number of nitrogens with two attached hydrogens (primary N) is 4. The Morgan fingerprint density at radius 1 is 0.529 bits per heavy atom. The molecule has 8 N–H and O–H groups in total. The fourth-order valence-electron chi connectivity index (χ4n) is 1.51. The van der Waals surface area contributed by atoms with Gasteiger partial charge in [-0.05, 0) is 35.4 Å². The molecule has 0 unspecified atom stereocenters. The molecule has 2 aromatic rings. The molecule has 0 atom stereocenters. The maximum absolute atomic E-state index is 5.74. The van der Waals surface area contributed by atoms with E-state index in [2.05, 4.69) is 0 Å². The summed E-state index contributed by atoms with van der Waals surface area (Å²) in [6.07, 6.45) is 0. The summed E-state index contributed by atoms with van der Waals surface area (Å²) in [6, 6.07) is 11.0. The molecule has 5 heteroatoms. The fourth-order valence-corrected chi connectivity index (χ4v) is 1.51. The molecule has 17 heavy (non-hydrogen) atoms. The average Bonchev–Trinajstić information content (AvgIpc) is 2.26. The van der Waals surface area contributed by atoms with E-state index >= 15 is 0 Å². The Kier molecular flexibility index (Phi) is 3.88. The van der Waals surface area contributed by atoms with Crippen molar-refractivity contribution >= 4 is 22.7 Å². The predicted octanol–water partition coefficient (Wildman–Crippen LogP) is 1.68. The van der Waals surface area contributed by atoms with Crippen LogP contribution in [0.1, 0.15) is 0 Å². The summed E-state index contributed by atoms with van der Waals surface area (Å²) in [4.78, 5) is 0. The van der Waals surface area contributed by atoms with Gasteiger partial charge < -0.3 is 22.9 Å². The monoisotopic (exact) mass is 277 g/mol. The van der Waals surface area contributed by atoms with Crippen molar-refractivity contribution in [2.45, 2.75) is 0 Å². The minimum Gasteiger partial charge on any atom is -0.397 e. The van der Waals surface area contributed by atoms with Crippen molar-refractivity contribution in [2.24, 2.45) is 0 Å². The van der Waals surface area contributed by atoms with Crippen LogP contribution in [-0.4, -0.2) is 0 Å². The van der Waals surface area contributed by atoms with Crippen LogP contribution in [0, 0.1) is 0 Å². The first-order valence-corrected chi connectivity index (χ1v) is 4.88. The Bertz CT molecular complexity index is 491. The van der Waals surface area contributed by atoms with Gasteiger partial charge >= 0.3 is 0 Å². The van der Waals surface area contributed by atoms with E-state index < -0.39 is 0 Å². The van der Waals surface area contributed by atoms with Crippen LogP contribution in [0.15, 0.2) is 36.4 Å². The maximum Gasteiger partial charge on any atom is 0.0554 e. The van der Waals surface area contributed by atoms with Gasteiger partial charge in [-0.1, -0.05) is 12.1 Å². The van der Waals surface area contributed by atoms with Crippen LogP contribution < -0.4 is 22.9 Å². The van der Waals surface area contributed by atoms with Gasteiger partial charge in [-0.3, -0.25) is 0 Å². The molecule has 0 aliphatic rings. The smallest absolute Gasteiger partial charge is 0.0554 e. The normalized spacial score (nSPS) is 9.65. The number of nitrogen functional groups attached to an aromatic ring is 4. The van der Waals surface area contributed by atoms with Gasteiger partial charge in [0.15, 0.2) is 0 Å². The number of hydrogen-bond donors (Lipinski definition) is 4. The van der Waals surface area contributed by atoms with Gasteiger partial charge in [0, 0.05) is 17.1 Å². The van der Waals surface area contributed by atoms with Gasteiger partial charge in [-0.25, -0.2) is 0 Å². The molecular formula is C12H14CuN4. The molecule has 0 bridgehead atoms. The Morgan fingerprint density at radius 2 is 0.882 bits per heavy atom. The second kappa shape index (κ2) is 4.99. The zero-order valence-electron chi connectivity index (χ0n) is 9.08. The van der Waals surface area contributed by atoms with Crippen LogP contribution >= 0.6 is 0 Å². The molecule has 0 aliphatic carbocycles. The number of benzene rings is 2. The second-order valence-corrected chi connectivity index (χ2v) is 3.69. The third kappa shape index (κ3) is 2.64. The van der Waals surface area contributed by atoms with Crippen molar-refractivity contribution in [1.29, 1.82) is 0 Å². The number of anilines is 4. The third-order valence-corrected chi connectivity index (χ3v) is 2.51. The van der Waals surface area contributed by atoms with Crippen LogP contribution in [0.3, 0.4) is 0 Å². The first-order valence-electron chi connectivity index (χ1n) is 4.88. The quantitative estimate of drug-likeness (QED) is 0.470. The molecule has 4 nitrogen and oxygen atoms in total. The summed E-state index contributed by atoms with van der Waals surface area (Å²) in [5.41, 5.74) is 27.0. The fraction of sp³-hybridized carbons (Fsp3) is 0. The predicted molar refractivity (Wildman–Crippen MR) is 69.5 cm³/mol. The molecule has 1 radical (unpaired) electrons. The molecule has 0 aromatic heterocycles. The number of rotatable bonds is 1. The van der Waals surface area contributed by atoms with Crippen LogP contribution in [-0.2, 0) is 17.1 Å². The summed E-state index contributed by atoms with van der Waals surface area (Å²) >= 11 is 0.